The third-order valence-corrected chi connectivity index (χ3v) is 4.78. The summed E-state index contributed by atoms with van der Waals surface area (Å²) in [6, 6.07) is 15.2. The summed E-state index contributed by atoms with van der Waals surface area (Å²) in [7, 11) is 1.88. The molecule has 0 bridgehead atoms. The third-order valence-electron chi connectivity index (χ3n) is 3.45. The number of amides is 1. The number of benzene rings is 2. The summed E-state index contributed by atoms with van der Waals surface area (Å²) in [5.74, 6) is -0.518. The van der Waals surface area contributed by atoms with E-state index in [-0.39, 0.29) is 11.7 Å². The van der Waals surface area contributed by atoms with Crippen LogP contribution in [0.4, 0.5) is 10.1 Å². The van der Waals surface area contributed by atoms with Gasteiger partial charge in [-0.2, -0.15) is 0 Å². The van der Waals surface area contributed by atoms with E-state index in [2.05, 4.69) is 10.3 Å². The molecule has 0 fully saturated rings. The van der Waals surface area contributed by atoms with Crippen LogP contribution in [0, 0.1) is 5.82 Å². The van der Waals surface area contributed by atoms with Crippen molar-refractivity contribution in [3.05, 3.63) is 78.4 Å². The SMILES string of the molecule is Cn1ccnc1SC(C(=O)Nc1ccc(F)cc1)c1ccccc1. The smallest absolute Gasteiger partial charge is 0.242 e. The molecule has 122 valence electrons. The van der Waals surface area contributed by atoms with E-state index in [0.717, 1.165) is 10.7 Å². The molecule has 1 N–H and O–H groups in total. The highest BCUT2D eigenvalue weighted by Gasteiger charge is 2.23. The van der Waals surface area contributed by atoms with Crippen LogP contribution < -0.4 is 5.32 Å². The van der Waals surface area contributed by atoms with Crippen molar-refractivity contribution in [2.75, 3.05) is 5.32 Å². The van der Waals surface area contributed by atoms with Crippen molar-refractivity contribution in [3.63, 3.8) is 0 Å². The van der Waals surface area contributed by atoms with Gasteiger partial charge in [-0.1, -0.05) is 42.1 Å². The largest absolute Gasteiger partial charge is 0.329 e. The van der Waals surface area contributed by atoms with Crippen molar-refractivity contribution in [1.82, 2.24) is 9.55 Å². The Morgan fingerprint density at radius 3 is 2.50 bits per heavy atom. The number of thioether (sulfide) groups is 1. The van der Waals surface area contributed by atoms with Gasteiger partial charge in [0.2, 0.25) is 5.91 Å². The van der Waals surface area contributed by atoms with Crippen LogP contribution in [0.15, 0.2) is 72.1 Å². The quantitative estimate of drug-likeness (QED) is 0.713. The number of halogens is 1. The van der Waals surface area contributed by atoms with Crippen LogP contribution in [0.25, 0.3) is 0 Å². The normalized spacial score (nSPS) is 11.9. The molecule has 0 aliphatic rings. The van der Waals surface area contributed by atoms with Gasteiger partial charge in [-0.05, 0) is 29.8 Å². The minimum Gasteiger partial charge on any atom is -0.329 e. The molecule has 0 saturated carbocycles. The van der Waals surface area contributed by atoms with Crippen molar-refractivity contribution in [2.24, 2.45) is 7.05 Å². The standard InChI is InChI=1S/C18H16FN3OS/c1-22-12-11-20-18(22)24-16(13-5-3-2-4-6-13)17(23)21-15-9-7-14(19)8-10-15/h2-12,16H,1H3,(H,21,23). The second kappa shape index (κ2) is 7.31. The van der Waals surface area contributed by atoms with Crippen LogP contribution in [-0.4, -0.2) is 15.5 Å². The van der Waals surface area contributed by atoms with E-state index >= 15 is 0 Å². The Hall–Kier alpha value is -2.60. The average molecular weight is 341 g/mol. The lowest BCUT2D eigenvalue weighted by Crippen LogP contribution is -2.19. The fraction of sp³-hybridized carbons (Fsp3) is 0.111. The molecule has 1 unspecified atom stereocenters. The number of anilines is 1. The van der Waals surface area contributed by atoms with Crippen LogP contribution in [0.1, 0.15) is 10.8 Å². The molecule has 1 heterocycles. The first-order chi connectivity index (χ1) is 11.6. The van der Waals surface area contributed by atoms with Gasteiger partial charge in [0.05, 0.1) is 0 Å². The van der Waals surface area contributed by atoms with Gasteiger partial charge in [0.25, 0.3) is 0 Å². The Morgan fingerprint density at radius 1 is 1.17 bits per heavy atom. The molecule has 0 aliphatic carbocycles. The lowest BCUT2D eigenvalue weighted by atomic mass is 10.1. The number of aromatic nitrogens is 2. The first-order valence-electron chi connectivity index (χ1n) is 7.39. The van der Waals surface area contributed by atoms with E-state index in [1.807, 2.05) is 48.1 Å². The average Bonchev–Trinajstić information content (AvgIpc) is 3.00. The zero-order chi connectivity index (χ0) is 16.9. The molecular weight excluding hydrogens is 325 g/mol. The number of nitrogens with zero attached hydrogens (tertiary/aromatic N) is 2. The number of imidazole rings is 1. The predicted octanol–water partition coefficient (Wildman–Crippen LogP) is 4.03. The van der Waals surface area contributed by atoms with Crippen molar-refractivity contribution in [2.45, 2.75) is 10.4 Å². The molecule has 3 rings (SSSR count). The summed E-state index contributed by atoms with van der Waals surface area (Å²) >= 11 is 1.37. The minimum atomic E-state index is -0.461. The predicted molar refractivity (Wildman–Crippen MR) is 93.3 cm³/mol. The molecule has 0 radical (unpaired) electrons. The highest BCUT2D eigenvalue weighted by Crippen LogP contribution is 2.35. The lowest BCUT2D eigenvalue weighted by molar-refractivity contribution is -0.115. The third kappa shape index (κ3) is 3.83. The van der Waals surface area contributed by atoms with Gasteiger partial charge < -0.3 is 9.88 Å². The van der Waals surface area contributed by atoms with Crippen molar-refractivity contribution >= 4 is 23.4 Å². The van der Waals surface area contributed by atoms with E-state index < -0.39 is 5.25 Å². The van der Waals surface area contributed by atoms with Gasteiger partial charge in [0.1, 0.15) is 11.1 Å². The van der Waals surface area contributed by atoms with Gasteiger partial charge in [0.15, 0.2) is 5.16 Å². The monoisotopic (exact) mass is 341 g/mol. The maximum absolute atomic E-state index is 13.0. The zero-order valence-electron chi connectivity index (χ0n) is 13.0. The van der Waals surface area contributed by atoms with Gasteiger partial charge >= 0.3 is 0 Å². The van der Waals surface area contributed by atoms with E-state index in [0.29, 0.717) is 5.69 Å². The Kier molecular flexibility index (Phi) is 4.96. The highest BCUT2D eigenvalue weighted by atomic mass is 32.2. The number of hydrogen-bond donors (Lipinski definition) is 1. The molecule has 3 aromatic rings. The van der Waals surface area contributed by atoms with Crippen molar-refractivity contribution < 1.29 is 9.18 Å². The van der Waals surface area contributed by atoms with E-state index in [1.54, 1.807) is 18.3 Å². The number of rotatable bonds is 5. The molecule has 0 saturated heterocycles. The van der Waals surface area contributed by atoms with Gasteiger partial charge in [-0.15, -0.1) is 0 Å². The first-order valence-corrected chi connectivity index (χ1v) is 8.27. The van der Waals surface area contributed by atoms with E-state index in [9.17, 15) is 9.18 Å². The van der Waals surface area contributed by atoms with Crippen LogP contribution in [0.5, 0.6) is 0 Å². The molecule has 1 amide bonds. The summed E-state index contributed by atoms with van der Waals surface area (Å²) in [5, 5.41) is 3.12. The summed E-state index contributed by atoms with van der Waals surface area (Å²) in [6.07, 6.45) is 3.53. The van der Waals surface area contributed by atoms with Gasteiger partial charge in [0, 0.05) is 25.1 Å². The molecular formula is C18H16FN3OS. The minimum absolute atomic E-state index is 0.180. The molecule has 0 aliphatic heterocycles. The molecule has 6 heteroatoms. The van der Waals surface area contributed by atoms with E-state index in [1.165, 1.54) is 23.9 Å². The first kappa shape index (κ1) is 16.3. The number of aryl methyl sites for hydroxylation is 1. The van der Waals surface area contributed by atoms with Crippen molar-refractivity contribution in [1.29, 1.82) is 0 Å². The summed E-state index contributed by atoms with van der Waals surface area (Å²) in [5.41, 5.74) is 1.44. The van der Waals surface area contributed by atoms with Crippen LogP contribution >= 0.6 is 11.8 Å². The molecule has 1 atom stereocenters. The summed E-state index contributed by atoms with van der Waals surface area (Å²) < 4.78 is 14.9. The van der Waals surface area contributed by atoms with Crippen LogP contribution in [0.2, 0.25) is 0 Å². The fourth-order valence-electron chi connectivity index (χ4n) is 2.21. The zero-order valence-corrected chi connectivity index (χ0v) is 13.8. The van der Waals surface area contributed by atoms with Crippen LogP contribution in [-0.2, 0) is 11.8 Å². The summed E-state index contributed by atoms with van der Waals surface area (Å²) in [6.45, 7) is 0. The van der Waals surface area contributed by atoms with E-state index in [4.69, 9.17) is 0 Å². The number of carbonyl (C=O) groups excluding carboxylic acids is 1. The molecule has 24 heavy (non-hydrogen) atoms. The lowest BCUT2D eigenvalue weighted by Gasteiger charge is -2.16. The maximum atomic E-state index is 13.0. The second-order valence-corrected chi connectivity index (χ2v) is 6.30. The Morgan fingerprint density at radius 2 is 1.88 bits per heavy atom. The fourth-order valence-corrected chi connectivity index (χ4v) is 3.23. The Bertz CT molecular complexity index is 818. The number of nitrogens with one attached hydrogen (secondary N) is 1. The van der Waals surface area contributed by atoms with Gasteiger partial charge in [-0.25, -0.2) is 9.37 Å². The topological polar surface area (TPSA) is 46.9 Å². The van der Waals surface area contributed by atoms with Gasteiger partial charge in [-0.3, -0.25) is 4.79 Å². The van der Waals surface area contributed by atoms with Crippen LogP contribution in [0.3, 0.4) is 0 Å². The molecule has 4 nitrogen and oxygen atoms in total. The number of carbonyl (C=O) groups is 1. The highest BCUT2D eigenvalue weighted by molar-refractivity contribution is 8.00. The maximum Gasteiger partial charge on any atom is 0.242 e. The molecule has 0 spiro atoms. The molecule has 1 aromatic heterocycles. The summed E-state index contributed by atoms with van der Waals surface area (Å²) in [4.78, 5) is 17.1. The molecule has 2 aromatic carbocycles. The Balaban J connectivity index is 1.85. The second-order valence-electron chi connectivity index (χ2n) is 5.23. The Labute approximate surface area is 143 Å². The number of hydrogen-bond acceptors (Lipinski definition) is 3. The van der Waals surface area contributed by atoms with Crippen molar-refractivity contribution in [3.8, 4) is 0 Å².